The van der Waals surface area contributed by atoms with Crippen LogP contribution in [-0.2, 0) is 10.0 Å². The van der Waals surface area contributed by atoms with Crippen molar-refractivity contribution < 1.29 is 8.42 Å². The number of nitrogens with two attached hydrogens (primary N) is 1. The number of benzene rings is 2. The van der Waals surface area contributed by atoms with Crippen molar-refractivity contribution in [2.45, 2.75) is 0 Å². The molecular weight excluding hydrogens is 236 g/mol. The fourth-order valence-electron chi connectivity index (χ4n) is 1.64. The zero-order valence-corrected chi connectivity index (χ0v) is 10.1. The van der Waals surface area contributed by atoms with Crippen molar-refractivity contribution in [3.05, 3.63) is 42.5 Å². The van der Waals surface area contributed by atoms with Crippen molar-refractivity contribution in [3.8, 4) is 0 Å². The van der Waals surface area contributed by atoms with E-state index in [1.807, 2.05) is 36.4 Å². The second-order valence-electron chi connectivity index (χ2n) is 3.77. The summed E-state index contributed by atoms with van der Waals surface area (Å²) in [5, 5.41) is 2.08. The minimum atomic E-state index is -3.33. The van der Waals surface area contributed by atoms with E-state index in [4.69, 9.17) is 5.73 Å². The number of nitrogens with one attached hydrogen (secondary N) is 1. The highest BCUT2D eigenvalue weighted by Gasteiger charge is 2.08. The smallest absolute Gasteiger partial charge is 0.233 e. The van der Waals surface area contributed by atoms with Crippen molar-refractivity contribution in [1.29, 1.82) is 0 Å². The van der Waals surface area contributed by atoms with E-state index in [-0.39, 0.29) is 12.3 Å². The van der Waals surface area contributed by atoms with Gasteiger partial charge in [0.1, 0.15) is 0 Å². The molecule has 2 aromatic carbocycles. The highest BCUT2D eigenvalue weighted by Crippen LogP contribution is 2.19. The zero-order valence-electron chi connectivity index (χ0n) is 9.26. The normalized spacial score (nSPS) is 11.6. The van der Waals surface area contributed by atoms with Crippen LogP contribution in [0.3, 0.4) is 0 Å². The molecule has 0 spiro atoms. The molecule has 0 aliphatic rings. The summed E-state index contributed by atoms with van der Waals surface area (Å²) in [7, 11) is -3.33. The minimum Gasteiger partial charge on any atom is -0.329 e. The van der Waals surface area contributed by atoms with E-state index in [9.17, 15) is 8.42 Å². The summed E-state index contributed by atoms with van der Waals surface area (Å²) in [5.41, 5.74) is 5.81. The molecule has 0 fully saturated rings. The fourth-order valence-corrected chi connectivity index (χ4v) is 2.54. The van der Waals surface area contributed by atoms with Crippen LogP contribution in [0, 0.1) is 0 Å². The molecule has 0 aromatic heterocycles. The van der Waals surface area contributed by atoms with Gasteiger partial charge in [-0.15, -0.1) is 0 Å². The molecule has 0 radical (unpaired) electrons. The summed E-state index contributed by atoms with van der Waals surface area (Å²) in [6, 6.07) is 13.2. The standard InChI is InChI=1S/C12H14N2O2S/c13-7-8-17(15,16)14-12-6-5-10-3-1-2-4-11(10)9-12/h1-6,9,14H,7-8,13H2. The topological polar surface area (TPSA) is 72.2 Å². The van der Waals surface area contributed by atoms with Crippen LogP contribution in [-0.4, -0.2) is 20.7 Å². The van der Waals surface area contributed by atoms with Crippen LogP contribution in [0.15, 0.2) is 42.5 Å². The summed E-state index contributed by atoms with van der Waals surface area (Å²) in [5.74, 6) is -0.0696. The van der Waals surface area contributed by atoms with E-state index in [1.54, 1.807) is 6.07 Å². The van der Waals surface area contributed by atoms with E-state index >= 15 is 0 Å². The summed E-state index contributed by atoms with van der Waals surface area (Å²) >= 11 is 0. The van der Waals surface area contributed by atoms with Gasteiger partial charge in [0.15, 0.2) is 0 Å². The molecule has 90 valence electrons. The molecule has 0 heterocycles. The molecule has 17 heavy (non-hydrogen) atoms. The van der Waals surface area contributed by atoms with Crippen LogP contribution in [0.2, 0.25) is 0 Å². The molecule has 3 N–H and O–H groups in total. The van der Waals surface area contributed by atoms with Crippen molar-refractivity contribution in [3.63, 3.8) is 0 Å². The number of fused-ring (bicyclic) bond motifs is 1. The molecule has 0 atom stereocenters. The van der Waals surface area contributed by atoms with Crippen molar-refractivity contribution in [2.24, 2.45) is 5.73 Å². The Morgan fingerprint density at radius 2 is 1.76 bits per heavy atom. The number of anilines is 1. The van der Waals surface area contributed by atoms with Crippen LogP contribution in [0.25, 0.3) is 10.8 Å². The molecule has 0 bridgehead atoms. The van der Waals surface area contributed by atoms with E-state index < -0.39 is 10.0 Å². The number of hydrogen-bond donors (Lipinski definition) is 2. The molecule has 0 unspecified atom stereocenters. The molecule has 4 nitrogen and oxygen atoms in total. The van der Waals surface area contributed by atoms with Gasteiger partial charge in [0, 0.05) is 12.2 Å². The third kappa shape index (κ3) is 2.95. The Bertz CT molecular complexity index is 623. The average molecular weight is 250 g/mol. The van der Waals surface area contributed by atoms with Gasteiger partial charge in [-0.1, -0.05) is 30.3 Å². The first-order valence-electron chi connectivity index (χ1n) is 5.30. The van der Waals surface area contributed by atoms with Crippen LogP contribution in [0.1, 0.15) is 0 Å². The largest absolute Gasteiger partial charge is 0.329 e. The third-order valence-corrected chi connectivity index (χ3v) is 3.73. The molecule has 0 aliphatic carbocycles. The van der Waals surface area contributed by atoms with Crippen LogP contribution >= 0.6 is 0 Å². The molecule has 2 rings (SSSR count). The van der Waals surface area contributed by atoms with E-state index in [0.717, 1.165) is 10.8 Å². The van der Waals surface area contributed by atoms with Crippen molar-refractivity contribution in [1.82, 2.24) is 0 Å². The maximum absolute atomic E-state index is 11.5. The SMILES string of the molecule is NCCS(=O)(=O)Nc1ccc2ccccc2c1. The minimum absolute atomic E-state index is 0.0696. The predicted octanol–water partition coefficient (Wildman–Crippen LogP) is 1.54. The van der Waals surface area contributed by atoms with Gasteiger partial charge in [-0.05, 0) is 22.9 Å². The zero-order chi connectivity index (χ0) is 12.3. The summed E-state index contributed by atoms with van der Waals surface area (Å²) in [6.45, 7) is 0.114. The van der Waals surface area contributed by atoms with Crippen molar-refractivity contribution >= 4 is 26.5 Å². The molecular formula is C12H14N2O2S. The van der Waals surface area contributed by atoms with Gasteiger partial charge in [0.25, 0.3) is 0 Å². The predicted molar refractivity (Wildman–Crippen MR) is 70.4 cm³/mol. The summed E-state index contributed by atoms with van der Waals surface area (Å²) < 4.78 is 25.6. The van der Waals surface area contributed by atoms with Gasteiger partial charge in [0.2, 0.25) is 10.0 Å². The average Bonchev–Trinajstić information content (AvgIpc) is 2.28. The molecule has 0 saturated heterocycles. The number of sulfonamides is 1. The van der Waals surface area contributed by atoms with E-state index in [2.05, 4.69) is 4.72 Å². The number of rotatable bonds is 4. The Morgan fingerprint density at radius 1 is 1.06 bits per heavy atom. The molecule has 5 heteroatoms. The van der Waals surface area contributed by atoms with Gasteiger partial charge in [0.05, 0.1) is 5.75 Å². The van der Waals surface area contributed by atoms with Gasteiger partial charge in [-0.3, -0.25) is 4.72 Å². The lowest BCUT2D eigenvalue weighted by Crippen LogP contribution is -2.22. The Hall–Kier alpha value is -1.59. The first-order chi connectivity index (χ1) is 8.11. The maximum Gasteiger partial charge on any atom is 0.233 e. The summed E-state index contributed by atoms with van der Waals surface area (Å²) in [4.78, 5) is 0. The lowest BCUT2D eigenvalue weighted by Gasteiger charge is -2.07. The lowest BCUT2D eigenvalue weighted by molar-refractivity contribution is 0.601. The van der Waals surface area contributed by atoms with Gasteiger partial charge in [-0.25, -0.2) is 8.42 Å². The third-order valence-electron chi connectivity index (χ3n) is 2.41. The monoisotopic (exact) mass is 250 g/mol. The first-order valence-corrected chi connectivity index (χ1v) is 6.95. The molecule has 2 aromatic rings. The van der Waals surface area contributed by atoms with E-state index in [0.29, 0.717) is 5.69 Å². The molecule has 0 saturated carbocycles. The molecule has 0 aliphatic heterocycles. The maximum atomic E-state index is 11.5. The van der Waals surface area contributed by atoms with Crippen LogP contribution in [0.4, 0.5) is 5.69 Å². The highest BCUT2D eigenvalue weighted by atomic mass is 32.2. The quantitative estimate of drug-likeness (QED) is 0.864. The number of hydrogen-bond acceptors (Lipinski definition) is 3. The van der Waals surface area contributed by atoms with Gasteiger partial charge >= 0.3 is 0 Å². The Morgan fingerprint density at radius 3 is 2.47 bits per heavy atom. The Kier molecular flexibility index (Phi) is 3.31. The van der Waals surface area contributed by atoms with Crippen LogP contribution in [0.5, 0.6) is 0 Å². The summed E-state index contributed by atoms with van der Waals surface area (Å²) in [6.07, 6.45) is 0. The Labute approximate surface area is 100 Å². The Balaban J connectivity index is 2.31. The second-order valence-corrected chi connectivity index (χ2v) is 5.61. The highest BCUT2D eigenvalue weighted by molar-refractivity contribution is 7.92. The fraction of sp³-hybridized carbons (Fsp3) is 0.167. The molecule has 0 amide bonds. The lowest BCUT2D eigenvalue weighted by atomic mass is 10.1. The van der Waals surface area contributed by atoms with Crippen LogP contribution < -0.4 is 10.5 Å². The van der Waals surface area contributed by atoms with Gasteiger partial charge in [-0.2, -0.15) is 0 Å². The second kappa shape index (κ2) is 4.73. The van der Waals surface area contributed by atoms with Gasteiger partial charge < -0.3 is 5.73 Å². The van der Waals surface area contributed by atoms with Crippen molar-refractivity contribution in [2.75, 3.05) is 17.0 Å². The first kappa shape index (κ1) is 11.9. The van der Waals surface area contributed by atoms with E-state index in [1.165, 1.54) is 0 Å².